The summed E-state index contributed by atoms with van der Waals surface area (Å²) >= 11 is 3.43. The fraction of sp³-hybridized carbons (Fsp3) is 0.350. The number of halogens is 1. The maximum atomic E-state index is 12.2. The van der Waals surface area contributed by atoms with E-state index in [2.05, 4.69) is 64.6 Å². The van der Waals surface area contributed by atoms with E-state index < -0.39 is 0 Å². The molecule has 0 aliphatic rings. The third-order valence-electron chi connectivity index (χ3n) is 3.90. The summed E-state index contributed by atoms with van der Waals surface area (Å²) in [5.41, 5.74) is 2.51. The first-order valence-corrected chi connectivity index (χ1v) is 9.08. The zero-order valence-electron chi connectivity index (χ0n) is 14.3. The highest BCUT2D eigenvalue weighted by Crippen LogP contribution is 2.11. The van der Waals surface area contributed by atoms with Crippen molar-refractivity contribution in [3.63, 3.8) is 0 Å². The van der Waals surface area contributed by atoms with Crippen LogP contribution in [-0.2, 0) is 17.8 Å². The molecule has 0 saturated carbocycles. The summed E-state index contributed by atoms with van der Waals surface area (Å²) < 4.78 is 1.07. The third-order valence-corrected chi connectivity index (χ3v) is 4.42. The maximum Gasteiger partial charge on any atom is 0.234 e. The summed E-state index contributed by atoms with van der Waals surface area (Å²) in [7, 11) is 1.97. The van der Waals surface area contributed by atoms with Crippen LogP contribution >= 0.6 is 15.9 Å². The van der Waals surface area contributed by atoms with Gasteiger partial charge in [-0.15, -0.1) is 0 Å². The molecule has 2 rings (SSSR count). The highest BCUT2D eigenvalue weighted by Gasteiger charge is 2.10. The van der Waals surface area contributed by atoms with Crippen molar-refractivity contribution in [2.24, 2.45) is 0 Å². The van der Waals surface area contributed by atoms with Gasteiger partial charge >= 0.3 is 0 Å². The number of nitrogens with one attached hydrogen (secondary N) is 1. The fourth-order valence-corrected chi connectivity index (χ4v) is 2.89. The maximum absolute atomic E-state index is 12.2. The van der Waals surface area contributed by atoms with E-state index in [0.717, 1.165) is 23.9 Å². The van der Waals surface area contributed by atoms with Crippen LogP contribution in [0.2, 0.25) is 0 Å². The van der Waals surface area contributed by atoms with Gasteiger partial charge in [-0.1, -0.05) is 58.4 Å². The highest BCUT2D eigenvalue weighted by atomic mass is 79.9. The Balaban J connectivity index is 1.70. The van der Waals surface area contributed by atoms with Crippen LogP contribution in [0.3, 0.4) is 0 Å². The number of nitrogens with zero attached hydrogens (tertiary/aromatic N) is 1. The molecule has 0 heterocycles. The number of aryl methyl sites for hydroxylation is 1. The Morgan fingerprint density at radius 1 is 1.08 bits per heavy atom. The van der Waals surface area contributed by atoms with Gasteiger partial charge in [0, 0.05) is 17.1 Å². The van der Waals surface area contributed by atoms with Gasteiger partial charge in [0.15, 0.2) is 0 Å². The van der Waals surface area contributed by atoms with Gasteiger partial charge in [-0.2, -0.15) is 0 Å². The van der Waals surface area contributed by atoms with Crippen LogP contribution in [0.4, 0.5) is 0 Å². The number of hydrogen-bond donors (Lipinski definition) is 1. The Morgan fingerprint density at radius 2 is 1.75 bits per heavy atom. The van der Waals surface area contributed by atoms with Crippen LogP contribution in [-0.4, -0.2) is 30.4 Å². The molecule has 0 aromatic heterocycles. The molecule has 1 amide bonds. The van der Waals surface area contributed by atoms with Crippen molar-refractivity contribution in [1.29, 1.82) is 0 Å². The summed E-state index contributed by atoms with van der Waals surface area (Å²) in [5, 5.41) is 3.09. The molecule has 0 aliphatic carbocycles. The molecular weight excluding hydrogens is 364 g/mol. The number of carbonyl (C=O) groups is 1. The molecule has 0 radical (unpaired) electrons. The minimum Gasteiger partial charge on any atom is -0.353 e. The molecule has 0 fully saturated rings. The monoisotopic (exact) mass is 388 g/mol. The van der Waals surface area contributed by atoms with E-state index in [1.807, 2.05) is 30.1 Å². The number of carbonyl (C=O) groups excluding carboxylic acids is 1. The quantitative estimate of drug-likeness (QED) is 0.740. The number of hydrogen-bond acceptors (Lipinski definition) is 2. The van der Waals surface area contributed by atoms with Crippen molar-refractivity contribution >= 4 is 21.8 Å². The zero-order valence-corrected chi connectivity index (χ0v) is 15.9. The standard InChI is InChI=1S/C20H25BrN2O/c1-16(8-9-17-6-4-3-5-7-17)22-20(24)15-23(2)14-18-10-12-19(21)13-11-18/h3-7,10-13,16H,8-9,14-15H2,1-2H3,(H,22,24). The molecule has 24 heavy (non-hydrogen) atoms. The van der Waals surface area contributed by atoms with E-state index >= 15 is 0 Å². The van der Waals surface area contributed by atoms with Gasteiger partial charge < -0.3 is 5.32 Å². The lowest BCUT2D eigenvalue weighted by atomic mass is 10.1. The molecule has 0 saturated heterocycles. The molecule has 2 aromatic rings. The van der Waals surface area contributed by atoms with Gasteiger partial charge in [-0.3, -0.25) is 9.69 Å². The summed E-state index contributed by atoms with van der Waals surface area (Å²) in [6.45, 7) is 3.24. The Kier molecular flexibility index (Phi) is 7.47. The normalized spacial score (nSPS) is 12.2. The van der Waals surface area contributed by atoms with Crippen LogP contribution in [0.15, 0.2) is 59.1 Å². The van der Waals surface area contributed by atoms with Crippen molar-refractivity contribution < 1.29 is 4.79 Å². The van der Waals surface area contributed by atoms with Gasteiger partial charge in [0.2, 0.25) is 5.91 Å². The predicted octanol–water partition coefficient (Wildman–Crippen LogP) is 4.02. The van der Waals surface area contributed by atoms with E-state index in [4.69, 9.17) is 0 Å². The lowest BCUT2D eigenvalue weighted by molar-refractivity contribution is -0.122. The Labute approximate surface area is 153 Å². The Morgan fingerprint density at radius 3 is 2.42 bits per heavy atom. The number of likely N-dealkylation sites (N-methyl/N-ethyl adjacent to an activating group) is 1. The largest absolute Gasteiger partial charge is 0.353 e. The second-order valence-electron chi connectivity index (χ2n) is 6.29. The van der Waals surface area contributed by atoms with Crippen LogP contribution < -0.4 is 5.32 Å². The van der Waals surface area contributed by atoms with Crippen LogP contribution in [0, 0.1) is 0 Å². The van der Waals surface area contributed by atoms with E-state index in [1.165, 1.54) is 11.1 Å². The smallest absolute Gasteiger partial charge is 0.234 e. The van der Waals surface area contributed by atoms with Crippen LogP contribution in [0.25, 0.3) is 0 Å². The second kappa shape index (κ2) is 9.60. The highest BCUT2D eigenvalue weighted by molar-refractivity contribution is 9.10. The summed E-state index contributed by atoms with van der Waals surface area (Å²) in [5.74, 6) is 0.0789. The Bertz CT molecular complexity index is 628. The van der Waals surface area contributed by atoms with Crippen LogP contribution in [0.1, 0.15) is 24.5 Å². The first-order valence-electron chi connectivity index (χ1n) is 8.29. The van der Waals surface area contributed by atoms with Crippen molar-refractivity contribution in [3.8, 4) is 0 Å². The SMILES string of the molecule is CC(CCc1ccccc1)NC(=O)CN(C)Cc1ccc(Br)cc1. The van der Waals surface area contributed by atoms with E-state index in [1.54, 1.807) is 0 Å². The summed E-state index contributed by atoms with van der Waals surface area (Å²) in [6, 6.07) is 18.7. The van der Waals surface area contributed by atoms with Crippen LogP contribution in [0.5, 0.6) is 0 Å². The second-order valence-corrected chi connectivity index (χ2v) is 7.21. The molecule has 1 atom stereocenters. The predicted molar refractivity (Wildman–Crippen MR) is 103 cm³/mol. The molecule has 0 aliphatic heterocycles. The molecular formula is C20H25BrN2O. The Hall–Kier alpha value is -1.65. The molecule has 1 unspecified atom stereocenters. The fourth-order valence-electron chi connectivity index (χ4n) is 2.62. The number of rotatable bonds is 8. The number of benzene rings is 2. The molecule has 2 aromatic carbocycles. The van der Waals surface area contributed by atoms with Gasteiger partial charge in [0.25, 0.3) is 0 Å². The molecule has 3 nitrogen and oxygen atoms in total. The first-order chi connectivity index (χ1) is 11.5. The van der Waals surface area contributed by atoms with E-state index in [9.17, 15) is 4.79 Å². The third kappa shape index (κ3) is 6.85. The lowest BCUT2D eigenvalue weighted by Crippen LogP contribution is -2.39. The molecule has 0 spiro atoms. The first kappa shape index (κ1) is 18.7. The lowest BCUT2D eigenvalue weighted by Gasteiger charge is -2.19. The minimum atomic E-state index is 0.0789. The van der Waals surface area contributed by atoms with Crippen molar-refractivity contribution in [3.05, 3.63) is 70.2 Å². The van der Waals surface area contributed by atoms with E-state index in [-0.39, 0.29) is 11.9 Å². The van der Waals surface area contributed by atoms with Crippen molar-refractivity contribution in [1.82, 2.24) is 10.2 Å². The average molecular weight is 389 g/mol. The summed E-state index contributed by atoms with van der Waals surface area (Å²) in [6.07, 6.45) is 1.93. The van der Waals surface area contributed by atoms with Gasteiger partial charge in [0.05, 0.1) is 6.54 Å². The molecule has 0 bridgehead atoms. The van der Waals surface area contributed by atoms with Gasteiger partial charge in [0.1, 0.15) is 0 Å². The molecule has 4 heteroatoms. The summed E-state index contributed by atoms with van der Waals surface area (Å²) in [4.78, 5) is 14.2. The van der Waals surface area contributed by atoms with Crippen molar-refractivity contribution in [2.45, 2.75) is 32.4 Å². The van der Waals surface area contributed by atoms with Gasteiger partial charge in [-0.25, -0.2) is 0 Å². The number of amides is 1. The molecule has 128 valence electrons. The van der Waals surface area contributed by atoms with Crippen molar-refractivity contribution in [2.75, 3.05) is 13.6 Å². The van der Waals surface area contributed by atoms with E-state index in [0.29, 0.717) is 6.54 Å². The molecule has 1 N–H and O–H groups in total. The minimum absolute atomic E-state index is 0.0789. The topological polar surface area (TPSA) is 32.3 Å². The average Bonchev–Trinajstić information content (AvgIpc) is 2.56. The zero-order chi connectivity index (χ0) is 17.4. The van der Waals surface area contributed by atoms with Gasteiger partial charge in [-0.05, 0) is 50.1 Å².